The largest absolute Gasteiger partial charge is 0.349 e. The Hall–Kier alpha value is -2.21. The van der Waals surface area contributed by atoms with Gasteiger partial charge in [-0.25, -0.2) is 9.37 Å². The molecule has 1 aromatic heterocycles. The number of hydrogen-bond acceptors (Lipinski definition) is 4. The average Bonchev–Trinajstić information content (AvgIpc) is 2.60. The zero-order valence-corrected chi connectivity index (χ0v) is 13.8. The Morgan fingerprint density at radius 1 is 1.17 bits per heavy atom. The van der Waals surface area contributed by atoms with E-state index < -0.39 is 5.82 Å². The van der Waals surface area contributed by atoms with Crippen LogP contribution in [0.3, 0.4) is 0 Å². The Balaban J connectivity index is 1.64. The van der Waals surface area contributed by atoms with Gasteiger partial charge in [0.2, 0.25) is 5.28 Å². The van der Waals surface area contributed by atoms with Crippen molar-refractivity contribution in [2.24, 2.45) is 0 Å². The molecule has 24 heavy (non-hydrogen) atoms. The van der Waals surface area contributed by atoms with Crippen molar-refractivity contribution in [1.29, 1.82) is 0 Å². The SMILES string of the molecule is O=C(NC1CCCCC1)c1ccc(Nc2nc(Cl)ncc2F)cc1. The molecular formula is C17H18ClFN4O. The van der Waals surface area contributed by atoms with E-state index in [4.69, 9.17) is 11.6 Å². The van der Waals surface area contributed by atoms with Crippen LogP contribution < -0.4 is 10.6 Å². The van der Waals surface area contributed by atoms with Gasteiger partial charge in [-0.3, -0.25) is 4.79 Å². The molecular weight excluding hydrogens is 331 g/mol. The van der Waals surface area contributed by atoms with Gasteiger partial charge >= 0.3 is 0 Å². The molecule has 0 radical (unpaired) electrons. The molecule has 0 aliphatic heterocycles. The van der Waals surface area contributed by atoms with Crippen molar-refractivity contribution >= 4 is 29.0 Å². The van der Waals surface area contributed by atoms with Crippen molar-refractivity contribution in [3.05, 3.63) is 47.1 Å². The van der Waals surface area contributed by atoms with Crippen LogP contribution in [0.15, 0.2) is 30.5 Å². The van der Waals surface area contributed by atoms with Gasteiger partial charge in [-0.15, -0.1) is 0 Å². The van der Waals surface area contributed by atoms with Gasteiger partial charge in [-0.05, 0) is 48.7 Å². The molecule has 2 aromatic rings. The highest BCUT2D eigenvalue weighted by atomic mass is 35.5. The first-order valence-electron chi connectivity index (χ1n) is 7.98. The standard InChI is InChI=1S/C17H18ClFN4O/c18-17-20-10-14(19)15(23-17)21-13-8-6-11(7-9-13)16(24)22-12-4-2-1-3-5-12/h6-10,12H,1-5H2,(H,22,24)(H,20,21,23). The number of benzene rings is 1. The first-order valence-corrected chi connectivity index (χ1v) is 8.35. The molecule has 1 saturated carbocycles. The van der Waals surface area contributed by atoms with Gasteiger partial charge in [0.25, 0.3) is 5.91 Å². The maximum absolute atomic E-state index is 13.6. The van der Waals surface area contributed by atoms with Crippen LogP contribution in [0.1, 0.15) is 42.5 Å². The number of anilines is 2. The van der Waals surface area contributed by atoms with Crippen LogP contribution in [0, 0.1) is 5.82 Å². The summed E-state index contributed by atoms with van der Waals surface area (Å²) in [6.07, 6.45) is 6.67. The monoisotopic (exact) mass is 348 g/mol. The summed E-state index contributed by atoms with van der Waals surface area (Å²) in [4.78, 5) is 19.6. The molecule has 0 saturated heterocycles. The van der Waals surface area contributed by atoms with Gasteiger partial charge in [0.1, 0.15) is 0 Å². The van der Waals surface area contributed by atoms with Crippen molar-refractivity contribution in [2.75, 3.05) is 5.32 Å². The molecule has 1 aliphatic carbocycles. The maximum Gasteiger partial charge on any atom is 0.251 e. The molecule has 5 nitrogen and oxygen atoms in total. The van der Waals surface area contributed by atoms with Gasteiger partial charge < -0.3 is 10.6 Å². The number of hydrogen-bond donors (Lipinski definition) is 2. The Morgan fingerprint density at radius 3 is 2.58 bits per heavy atom. The highest BCUT2D eigenvalue weighted by Gasteiger charge is 2.16. The van der Waals surface area contributed by atoms with Crippen LogP contribution in [0.5, 0.6) is 0 Å². The minimum atomic E-state index is -0.599. The smallest absolute Gasteiger partial charge is 0.251 e. The normalized spacial score (nSPS) is 15.1. The van der Waals surface area contributed by atoms with E-state index in [1.807, 2.05) is 0 Å². The van der Waals surface area contributed by atoms with Crippen molar-refractivity contribution in [1.82, 2.24) is 15.3 Å². The highest BCUT2D eigenvalue weighted by Crippen LogP contribution is 2.20. The topological polar surface area (TPSA) is 66.9 Å². The summed E-state index contributed by atoms with van der Waals surface area (Å²) in [6.45, 7) is 0. The summed E-state index contributed by atoms with van der Waals surface area (Å²) in [7, 11) is 0. The first kappa shape index (κ1) is 16.6. The Labute approximate surface area is 144 Å². The fourth-order valence-corrected chi connectivity index (χ4v) is 2.92. The lowest BCUT2D eigenvalue weighted by Gasteiger charge is -2.22. The molecule has 0 bridgehead atoms. The van der Waals surface area contributed by atoms with E-state index in [-0.39, 0.29) is 23.1 Å². The van der Waals surface area contributed by atoms with E-state index in [1.54, 1.807) is 24.3 Å². The minimum Gasteiger partial charge on any atom is -0.349 e. The number of carbonyl (C=O) groups is 1. The second-order valence-electron chi connectivity index (χ2n) is 5.85. The molecule has 1 aromatic carbocycles. The van der Waals surface area contributed by atoms with Crippen LogP contribution in [0.4, 0.5) is 15.9 Å². The fraction of sp³-hybridized carbons (Fsp3) is 0.353. The van der Waals surface area contributed by atoms with Crippen LogP contribution >= 0.6 is 11.6 Å². The molecule has 1 aliphatic rings. The van der Waals surface area contributed by atoms with Crippen LogP contribution in [-0.4, -0.2) is 21.9 Å². The van der Waals surface area contributed by atoms with E-state index in [0.717, 1.165) is 19.0 Å². The van der Waals surface area contributed by atoms with E-state index in [1.165, 1.54) is 19.3 Å². The third-order valence-corrected chi connectivity index (χ3v) is 4.25. The van der Waals surface area contributed by atoms with Crippen LogP contribution in [0.2, 0.25) is 5.28 Å². The lowest BCUT2D eigenvalue weighted by molar-refractivity contribution is 0.0928. The zero-order chi connectivity index (χ0) is 16.9. The zero-order valence-electron chi connectivity index (χ0n) is 13.1. The van der Waals surface area contributed by atoms with Gasteiger partial charge in [0, 0.05) is 17.3 Å². The third-order valence-electron chi connectivity index (χ3n) is 4.06. The molecule has 1 fully saturated rings. The predicted octanol–water partition coefficient (Wildman–Crippen LogP) is 4.08. The van der Waals surface area contributed by atoms with Crippen molar-refractivity contribution in [3.63, 3.8) is 0 Å². The number of carbonyl (C=O) groups excluding carboxylic acids is 1. The summed E-state index contributed by atoms with van der Waals surface area (Å²) in [5.74, 6) is -0.683. The van der Waals surface area contributed by atoms with Gasteiger partial charge in [0.15, 0.2) is 11.6 Å². The average molecular weight is 349 g/mol. The van der Waals surface area contributed by atoms with Crippen LogP contribution in [-0.2, 0) is 0 Å². The molecule has 0 spiro atoms. The number of amides is 1. The number of rotatable bonds is 4. The third kappa shape index (κ3) is 4.20. The Kier molecular flexibility index (Phi) is 5.25. The van der Waals surface area contributed by atoms with Crippen molar-refractivity contribution in [3.8, 4) is 0 Å². The van der Waals surface area contributed by atoms with Crippen LogP contribution in [0.25, 0.3) is 0 Å². The van der Waals surface area contributed by atoms with Gasteiger partial charge in [0.05, 0.1) is 6.20 Å². The fourth-order valence-electron chi connectivity index (χ4n) is 2.79. The first-order chi connectivity index (χ1) is 11.6. The van der Waals surface area contributed by atoms with E-state index >= 15 is 0 Å². The number of nitrogens with zero attached hydrogens (tertiary/aromatic N) is 2. The number of halogens is 2. The van der Waals surface area contributed by atoms with Crippen molar-refractivity contribution in [2.45, 2.75) is 38.1 Å². The quantitative estimate of drug-likeness (QED) is 0.817. The molecule has 1 amide bonds. The predicted molar refractivity (Wildman–Crippen MR) is 91.1 cm³/mol. The Morgan fingerprint density at radius 2 is 1.88 bits per heavy atom. The number of aromatic nitrogens is 2. The second-order valence-corrected chi connectivity index (χ2v) is 6.18. The number of nitrogens with one attached hydrogen (secondary N) is 2. The molecule has 2 N–H and O–H groups in total. The lowest BCUT2D eigenvalue weighted by Crippen LogP contribution is -2.36. The highest BCUT2D eigenvalue weighted by molar-refractivity contribution is 6.28. The molecule has 1 heterocycles. The lowest BCUT2D eigenvalue weighted by atomic mass is 9.95. The summed E-state index contributed by atoms with van der Waals surface area (Å²) < 4.78 is 13.6. The summed E-state index contributed by atoms with van der Waals surface area (Å²) >= 11 is 5.66. The van der Waals surface area contributed by atoms with E-state index in [0.29, 0.717) is 11.3 Å². The second kappa shape index (κ2) is 7.57. The molecule has 0 unspecified atom stereocenters. The van der Waals surface area contributed by atoms with Crippen molar-refractivity contribution < 1.29 is 9.18 Å². The summed E-state index contributed by atoms with van der Waals surface area (Å²) in [5, 5.41) is 5.84. The summed E-state index contributed by atoms with van der Waals surface area (Å²) in [5.41, 5.74) is 1.19. The molecule has 3 rings (SSSR count). The molecule has 7 heteroatoms. The maximum atomic E-state index is 13.6. The Bertz CT molecular complexity index is 717. The molecule has 126 valence electrons. The minimum absolute atomic E-state index is 0.00518. The summed E-state index contributed by atoms with van der Waals surface area (Å²) in [6, 6.07) is 7.06. The molecule has 0 atom stereocenters. The van der Waals surface area contributed by atoms with Gasteiger partial charge in [-0.1, -0.05) is 19.3 Å². The van der Waals surface area contributed by atoms with E-state index in [9.17, 15) is 9.18 Å². The van der Waals surface area contributed by atoms with Gasteiger partial charge in [-0.2, -0.15) is 4.98 Å². The van der Waals surface area contributed by atoms with E-state index in [2.05, 4.69) is 20.6 Å².